The number of pyridine rings is 1. The van der Waals surface area contributed by atoms with Crippen LogP contribution < -0.4 is 21.5 Å². The summed E-state index contributed by atoms with van der Waals surface area (Å²) in [5.41, 5.74) is 6.14. The normalized spacial score (nSPS) is 13.8. The third-order valence-corrected chi connectivity index (χ3v) is 7.14. The van der Waals surface area contributed by atoms with Gasteiger partial charge in [-0.25, -0.2) is 9.97 Å². The zero-order valence-corrected chi connectivity index (χ0v) is 22.9. The second kappa shape index (κ2) is 11.2. The van der Waals surface area contributed by atoms with Gasteiger partial charge in [0.05, 0.1) is 45.8 Å². The number of aryl methyl sites for hydroxylation is 1. The number of ether oxygens (including phenoxy) is 1. The summed E-state index contributed by atoms with van der Waals surface area (Å²) in [5.74, 6) is -1.12. The number of rotatable bonds is 6. The van der Waals surface area contributed by atoms with Crippen LogP contribution in [0.1, 0.15) is 16.8 Å². The number of hydrogen-bond donors (Lipinski definition) is 3. The van der Waals surface area contributed by atoms with Crippen molar-refractivity contribution >= 4 is 57.6 Å². The molecule has 1 saturated heterocycles. The lowest BCUT2D eigenvalue weighted by Crippen LogP contribution is -2.27. The predicted molar refractivity (Wildman–Crippen MR) is 151 cm³/mol. The monoisotopic (exact) mass is 585 g/mol. The number of nitrogens with zero attached hydrogens (tertiary/aromatic N) is 5. The number of amides is 2. The van der Waals surface area contributed by atoms with E-state index in [2.05, 4.69) is 20.2 Å². The summed E-state index contributed by atoms with van der Waals surface area (Å²) in [6, 6.07) is 4.45. The molecule has 14 heteroatoms. The number of aromatic hydroxyl groups is 1. The topological polar surface area (TPSA) is 158 Å². The zero-order valence-electron chi connectivity index (χ0n) is 21.4. The molecule has 2 amide bonds. The number of phenols is 1. The standard InChI is InChI=1S/C26H25Cl2N7O5/c1-33-13-31-25-22(26(33)39)16(14-7-15(24(29)38)23(37)17(27)8-14)11-35(25)12-21(36)32-19-9-20(30-10-18(19)28)34-3-2-5-40-6-4-34/h7-11,13,37H,2-6,12H2,1H3,(H2,29,38)(H,30,32,36). The maximum atomic E-state index is 13.2. The van der Waals surface area contributed by atoms with Crippen LogP contribution in [0.3, 0.4) is 0 Å². The van der Waals surface area contributed by atoms with Gasteiger partial charge in [0, 0.05) is 44.6 Å². The third-order valence-electron chi connectivity index (χ3n) is 6.55. The number of hydrogen-bond acceptors (Lipinski definition) is 8. The average molecular weight is 586 g/mol. The van der Waals surface area contributed by atoms with E-state index in [1.165, 1.54) is 33.8 Å². The Morgan fingerprint density at radius 2 is 1.95 bits per heavy atom. The van der Waals surface area contributed by atoms with Gasteiger partial charge in [-0.05, 0) is 24.1 Å². The highest BCUT2D eigenvalue weighted by molar-refractivity contribution is 6.34. The van der Waals surface area contributed by atoms with Crippen molar-refractivity contribution in [3.63, 3.8) is 0 Å². The molecule has 1 aliphatic rings. The summed E-state index contributed by atoms with van der Waals surface area (Å²) in [4.78, 5) is 49.0. The molecule has 1 fully saturated rings. The first-order valence-electron chi connectivity index (χ1n) is 12.3. The van der Waals surface area contributed by atoms with E-state index in [9.17, 15) is 19.5 Å². The number of anilines is 2. The Morgan fingerprint density at radius 1 is 1.15 bits per heavy atom. The molecular formula is C26H25Cl2N7O5. The van der Waals surface area contributed by atoms with E-state index in [0.717, 1.165) is 13.0 Å². The van der Waals surface area contributed by atoms with Crippen LogP contribution in [0.4, 0.5) is 11.5 Å². The number of halogens is 2. The SMILES string of the molecule is Cn1cnc2c(c(-c3cc(Cl)c(O)c(C(N)=O)c3)cn2CC(=O)Nc2cc(N3CCCOCC3)ncc2Cl)c1=O. The van der Waals surface area contributed by atoms with E-state index in [-0.39, 0.29) is 38.7 Å². The number of nitrogens with one attached hydrogen (secondary N) is 1. The Balaban J connectivity index is 1.49. The maximum absolute atomic E-state index is 13.2. The second-order valence-corrected chi connectivity index (χ2v) is 10.1. The Hall–Kier alpha value is -4.13. The number of aromatic nitrogens is 4. The molecule has 1 aliphatic heterocycles. The molecule has 0 aliphatic carbocycles. The first-order chi connectivity index (χ1) is 19.1. The van der Waals surface area contributed by atoms with Gasteiger partial charge in [0.15, 0.2) is 0 Å². The molecule has 0 atom stereocenters. The number of carbonyl (C=O) groups is 2. The highest BCUT2D eigenvalue weighted by Gasteiger charge is 2.21. The van der Waals surface area contributed by atoms with Crippen molar-refractivity contribution in [2.24, 2.45) is 12.8 Å². The Labute approximate surface area is 237 Å². The molecule has 1 aromatic carbocycles. The molecule has 40 heavy (non-hydrogen) atoms. The fourth-order valence-corrected chi connectivity index (χ4v) is 4.93. The van der Waals surface area contributed by atoms with E-state index in [0.29, 0.717) is 42.4 Å². The van der Waals surface area contributed by atoms with Crippen LogP contribution in [-0.4, -0.2) is 62.3 Å². The number of carbonyl (C=O) groups excluding carboxylic acids is 2. The molecule has 4 heterocycles. The molecule has 0 saturated carbocycles. The molecule has 4 N–H and O–H groups in total. The van der Waals surface area contributed by atoms with Crippen LogP contribution in [0.5, 0.6) is 5.75 Å². The number of fused-ring (bicyclic) bond motifs is 1. The van der Waals surface area contributed by atoms with E-state index >= 15 is 0 Å². The summed E-state index contributed by atoms with van der Waals surface area (Å²) in [5, 5.41) is 13.3. The zero-order chi connectivity index (χ0) is 28.6. The summed E-state index contributed by atoms with van der Waals surface area (Å²) >= 11 is 12.5. The maximum Gasteiger partial charge on any atom is 0.263 e. The predicted octanol–water partition coefficient (Wildman–Crippen LogP) is 2.77. The van der Waals surface area contributed by atoms with Crippen molar-refractivity contribution in [1.29, 1.82) is 0 Å². The fraction of sp³-hybridized carbons (Fsp3) is 0.269. The molecule has 5 rings (SSSR count). The highest BCUT2D eigenvalue weighted by atomic mass is 35.5. The lowest BCUT2D eigenvalue weighted by Gasteiger charge is -2.21. The van der Waals surface area contributed by atoms with Gasteiger partial charge < -0.3 is 34.9 Å². The van der Waals surface area contributed by atoms with Crippen LogP contribution >= 0.6 is 23.2 Å². The average Bonchev–Trinajstić information content (AvgIpc) is 3.08. The molecule has 0 radical (unpaired) electrons. The van der Waals surface area contributed by atoms with Crippen molar-refractivity contribution in [2.45, 2.75) is 13.0 Å². The minimum absolute atomic E-state index is 0.121. The van der Waals surface area contributed by atoms with Crippen LogP contribution in [0, 0.1) is 0 Å². The molecule has 4 aromatic rings. The van der Waals surface area contributed by atoms with Crippen LogP contribution in [0.15, 0.2) is 41.7 Å². The fourth-order valence-electron chi connectivity index (χ4n) is 4.56. The Kier molecular flexibility index (Phi) is 7.66. The van der Waals surface area contributed by atoms with E-state index in [1.807, 2.05) is 0 Å². The minimum Gasteiger partial charge on any atom is -0.506 e. The molecule has 12 nitrogen and oxygen atoms in total. The van der Waals surface area contributed by atoms with Gasteiger partial charge in [0.2, 0.25) is 5.91 Å². The van der Waals surface area contributed by atoms with Crippen molar-refractivity contribution in [3.8, 4) is 16.9 Å². The second-order valence-electron chi connectivity index (χ2n) is 9.27. The summed E-state index contributed by atoms with van der Waals surface area (Å²) in [6.45, 7) is 2.47. The van der Waals surface area contributed by atoms with Crippen molar-refractivity contribution < 1.29 is 19.4 Å². The quantitative estimate of drug-likeness (QED) is 0.311. The van der Waals surface area contributed by atoms with E-state index in [4.69, 9.17) is 33.7 Å². The molecule has 0 bridgehead atoms. The van der Waals surface area contributed by atoms with Gasteiger partial charge in [-0.2, -0.15) is 0 Å². The summed E-state index contributed by atoms with van der Waals surface area (Å²) < 4.78 is 8.31. The van der Waals surface area contributed by atoms with Gasteiger partial charge in [0.25, 0.3) is 11.5 Å². The summed E-state index contributed by atoms with van der Waals surface area (Å²) in [6.07, 6.45) is 5.24. The first kappa shape index (κ1) is 27.4. The number of primary amides is 1. The Bertz CT molecular complexity index is 1690. The van der Waals surface area contributed by atoms with Crippen molar-refractivity contribution in [3.05, 3.63) is 62.9 Å². The molecule has 208 valence electrons. The molecule has 0 spiro atoms. The minimum atomic E-state index is -0.892. The van der Waals surface area contributed by atoms with Gasteiger partial charge >= 0.3 is 0 Å². The highest BCUT2D eigenvalue weighted by Crippen LogP contribution is 2.36. The van der Waals surface area contributed by atoms with Crippen LogP contribution in [0.2, 0.25) is 10.0 Å². The van der Waals surface area contributed by atoms with Crippen molar-refractivity contribution in [2.75, 3.05) is 36.5 Å². The molecular weight excluding hydrogens is 561 g/mol. The lowest BCUT2D eigenvalue weighted by molar-refractivity contribution is -0.116. The number of nitrogens with two attached hydrogens (primary N) is 1. The molecule has 3 aromatic heterocycles. The number of benzene rings is 1. The van der Waals surface area contributed by atoms with Gasteiger partial charge in [-0.3, -0.25) is 14.4 Å². The summed E-state index contributed by atoms with van der Waals surface area (Å²) in [7, 11) is 1.54. The largest absolute Gasteiger partial charge is 0.506 e. The third kappa shape index (κ3) is 5.33. The van der Waals surface area contributed by atoms with Crippen LogP contribution in [0.25, 0.3) is 22.2 Å². The lowest BCUT2D eigenvalue weighted by atomic mass is 10.0. The van der Waals surface area contributed by atoms with Gasteiger partial charge in [-0.1, -0.05) is 23.2 Å². The van der Waals surface area contributed by atoms with Gasteiger partial charge in [-0.15, -0.1) is 0 Å². The van der Waals surface area contributed by atoms with Crippen LogP contribution in [-0.2, 0) is 23.1 Å². The first-order valence-corrected chi connectivity index (χ1v) is 13.0. The van der Waals surface area contributed by atoms with Crippen molar-refractivity contribution in [1.82, 2.24) is 19.1 Å². The van der Waals surface area contributed by atoms with E-state index < -0.39 is 17.6 Å². The Morgan fingerprint density at radius 3 is 2.73 bits per heavy atom. The molecule has 0 unspecified atom stereocenters. The van der Waals surface area contributed by atoms with Gasteiger partial charge in [0.1, 0.15) is 23.8 Å². The van der Waals surface area contributed by atoms with E-state index in [1.54, 1.807) is 19.3 Å². The smallest absolute Gasteiger partial charge is 0.263 e.